The number of rotatable bonds is 4. The molecule has 0 spiro atoms. The van der Waals surface area contributed by atoms with Crippen molar-refractivity contribution in [2.45, 2.75) is 39.7 Å². The second-order valence-corrected chi connectivity index (χ2v) is 7.27. The Morgan fingerprint density at radius 2 is 2.04 bits per heavy atom. The van der Waals surface area contributed by atoms with E-state index >= 15 is 0 Å². The summed E-state index contributed by atoms with van der Waals surface area (Å²) in [5.74, 6) is 0.788. The van der Waals surface area contributed by atoms with E-state index in [4.69, 9.17) is 0 Å². The van der Waals surface area contributed by atoms with Crippen LogP contribution in [0.5, 0.6) is 0 Å². The smallest absolute Gasteiger partial charge is 0.180 e. The topological polar surface area (TPSA) is 58.4 Å². The molecule has 0 unspecified atom stereocenters. The maximum Gasteiger partial charge on any atom is 0.180 e. The molecule has 0 amide bonds. The lowest BCUT2D eigenvalue weighted by atomic mass is 10.1. The highest BCUT2D eigenvalue weighted by molar-refractivity contribution is 7.10. The van der Waals surface area contributed by atoms with Gasteiger partial charge in [0.1, 0.15) is 5.00 Å². The predicted octanol–water partition coefficient (Wildman–Crippen LogP) is 3.53. The van der Waals surface area contributed by atoms with Gasteiger partial charge in [-0.25, -0.2) is 9.97 Å². The maximum absolute atomic E-state index is 4.61. The van der Waals surface area contributed by atoms with E-state index in [9.17, 15) is 0 Å². The van der Waals surface area contributed by atoms with E-state index in [1.807, 2.05) is 26.2 Å². The number of fused-ring (bicyclic) bond motifs is 1. The van der Waals surface area contributed by atoms with Gasteiger partial charge in [-0.3, -0.25) is 9.30 Å². The van der Waals surface area contributed by atoms with Crippen molar-refractivity contribution in [2.24, 2.45) is 0 Å². The Morgan fingerprint density at radius 3 is 2.88 bits per heavy atom. The fraction of sp³-hybridized carbons (Fsp3) is 0.471. The number of imidazole rings is 1. The molecule has 4 rings (SSSR count). The number of likely N-dealkylation sites (tertiary alicyclic amines) is 1. The average molecular weight is 342 g/mol. The Morgan fingerprint density at radius 1 is 1.21 bits per heavy atom. The summed E-state index contributed by atoms with van der Waals surface area (Å²) in [6.45, 7) is 7.36. The van der Waals surface area contributed by atoms with E-state index in [1.165, 1.54) is 43.9 Å². The van der Waals surface area contributed by atoms with Crippen LogP contribution >= 0.6 is 11.5 Å². The summed E-state index contributed by atoms with van der Waals surface area (Å²) in [5.41, 5.74) is 4.05. The minimum absolute atomic E-state index is 0.788. The first-order valence-electron chi connectivity index (χ1n) is 8.45. The van der Waals surface area contributed by atoms with Gasteiger partial charge in [0.25, 0.3) is 0 Å². The molecule has 1 aliphatic rings. The number of hydrogen-bond acceptors (Lipinski definition) is 6. The fourth-order valence-electron chi connectivity index (χ4n) is 3.22. The summed E-state index contributed by atoms with van der Waals surface area (Å²) >= 11 is 1.49. The number of piperidine rings is 1. The van der Waals surface area contributed by atoms with E-state index < -0.39 is 0 Å². The van der Waals surface area contributed by atoms with Crippen LogP contribution in [-0.2, 0) is 6.54 Å². The second-order valence-electron chi connectivity index (χ2n) is 6.47. The number of anilines is 2. The van der Waals surface area contributed by atoms with Crippen molar-refractivity contribution < 1.29 is 0 Å². The lowest BCUT2D eigenvalue weighted by Gasteiger charge is -2.25. The van der Waals surface area contributed by atoms with Crippen molar-refractivity contribution in [3.8, 4) is 0 Å². The monoisotopic (exact) mass is 342 g/mol. The molecule has 3 aromatic rings. The van der Waals surface area contributed by atoms with E-state index in [1.54, 1.807) is 0 Å². The van der Waals surface area contributed by atoms with Gasteiger partial charge >= 0.3 is 0 Å². The number of aryl methyl sites for hydroxylation is 2. The van der Waals surface area contributed by atoms with Crippen LogP contribution in [-0.4, -0.2) is 36.7 Å². The molecule has 1 saturated heterocycles. The van der Waals surface area contributed by atoms with Gasteiger partial charge in [0.05, 0.1) is 11.4 Å². The molecule has 0 atom stereocenters. The molecule has 126 valence electrons. The Bertz CT molecular complexity index is 846. The minimum Gasteiger partial charge on any atom is -0.328 e. The molecular weight excluding hydrogens is 320 g/mol. The van der Waals surface area contributed by atoms with Gasteiger partial charge in [0, 0.05) is 24.6 Å². The highest BCUT2D eigenvalue weighted by Crippen LogP contribution is 2.25. The summed E-state index contributed by atoms with van der Waals surface area (Å²) in [5, 5.41) is 4.42. The zero-order chi connectivity index (χ0) is 16.5. The standard InChI is InChI=1S/C17H22N6S/c1-12-10-23-13(2)9-18-17(23)16(19-12)20-15-8-14(21-24-15)11-22-6-4-3-5-7-22/h8-10H,3-7,11H2,1-2H3,(H,19,20). The van der Waals surface area contributed by atoms with E-state index in [-0.39, 0.29) is 0 Å². The lowest BCUT2D eigenvalue weighted by molar-refractivity contribution is 0.219. The first kappa shape index (κ1) is 15.5. The number of nitrogens with one attached hydrogen (secondary N) is 1. The van der Waals surface area contributed by atoms with Crippen LogP contribution in [0.1, 0.15) is 36.3 Å². The lowest BCUT2D eigenvalue weighted by Crippen LogP contribution is -2.29. The normalized spacial score (nSPS) is 15.9. The maximum atomic E-state index is 4.61. The predicted molar refractivity (Wildman–Crippen MR) is 97.0 cm³/mol. The van der Waals surface area contributed by atoms with Crippen LogP contribution in [0.15, 0.2) is 18.5 Å². The first-order chi connectivity index (χ1) is 11.7. The molecule has 1 aliphatic heterocycles. The molecular formula is C17H22N6S. The summed E-state index contributed by atoms with van der Waals surface area (Å²) in [7, 11) is 0. The SMILES string of the molecule is Cc1cn2c(C)cnc2c(Nc2cc(CN3CCCCC3)ns2)n1. The zero-order valence-electron chi connectivity index (χ0n) is 14.1. The summed E-state index contributed by atoms with van der Waals surface area (Å²) < 4.78 is 6.67. The van der Waals surface area contributed by atoms with Crippen molar-refractivity contribution in [1.29, 1.82) is 0 Å². The van der Waals surface area contributed by atoms with Crippen molar-refractivity contribution in [2.75, 3.05) is 18.4 Å². The van der Waals surface area contributed by atoms with Gasteiger partial charge in [-0.15, -0.1) is 0 Å². The second kappa shape index (κ2) is 6.49. The third kappa shape index (κ3) is 3.14. The van der Waals surface area contributed by atoms with Crippen LogP contribution in [0.2, 0.25) is 0 Å². The molecule has 7 heteroatoms. The summed E-state index contributed by atoms with van der Waals surface area (Å²) in [4.78, 5) is 11.6. The van der Waals surface area contributed by atoms with E-state index in [0.717, 1.165) is 40.1 Å². The number of hydrogen-bond donors (Lipinski definition) is 1. The first-order valence-corrected chi connectivity index (χ1v) is 9.23. The van der Waals surface area contributed by atoms with E-state index in [2.05, 4.69) is 35.0 Å². The average Bonchev–Trinajstić information content (AvgIpc) is 3.16. The Labute approximate surface area is 145 Å². The molecule has 3 aromatic heterocycles. The fourth-order valence-corrected chi connectivity index (χ4v) is 3.88. The Balaban J connectivity index is 1.53. The van der Waals surface area contributed by atoms with Crippen LogP contribution in [0.4, 0.5) is 10.8 Å². The molecule has 0 aromatic carbocycles. The molecule has 0 aliphatic carbocycles. The molecule has 0 saturated carbocycles. The number of aromatic nitrogens is 4. The molecule has 0 bridgehead atoms. The molecule has 24 heavy (non-hydrogen) atoms. The quantitative estimate of drug-likeness (QED) is 0.786. The largest absolute Gasteiger partial charge is 0.328 e. The molecule has 0 radical (unpaired) electrons. The third-order valence-electron chi connectivity index (χ3n) is 4.43. The van der Waals surface area contributed by atoms with Gasteiger partial charge in [0.2, 0.25) is 0 Å². The van der Waals surface area contributed by atoms with Crippen LogP contribution in [0, 0.1) is 13.8 Å². The van der Waals surface area contributed by atoms with Crippen molar-refractivity contribution in [1.82, 2.24) is 23.6 Å². The van der Waals surface area contributed by atoms with Gasteiger partial charge < -0.3 is 5.32 Å². The van der Waals surface area contributed by atoms with Gasteiger partial charge in [-0.2, -0.15) is 4.37 Å². The number of nitrogens with zero attached hydrogens (tertiary/aromatic N) is 5. The third-order valence-corrected chi connectivity index (χ3v) is 5.17. The zero-order valence-corrected chi connectivity index (χ0v) is 14.9. The highest BCUT2D eigenvalue weighted by atomic mass is 32.1. The minimum atomic E-state index is 0.788. The molecule has 1 fully saturated rings. The summed E-state index contributed by atoms with van der Waals surface area (Å²) in [6, 6.07) is 2.13. The van der Waals surface area contributed by atoms with Crippen LogP contribution in [0.25, 0.3) is 5.65 Å². The Hall–Kier alpha value is -1.99. The van der Waals surface area contributed by atoms with Gasteiger partial charge in [-0.05, 0) is 57.4 Å². The van der Waals surface area contributed by atoms with Crippen molar-refractivity contribution in [3.05, 3.63) is 35.5 Å². The molecule has 4 heterocycles. The van der Waals surface area contributed by atoms with Crippen LogP contribution < -0.4 is 5.32 Å². The summed E-state index contributed by atoms with van der Waals surface area (Å²) in [6.07, 6.45) is 7.85. The van der Waals surface area contributed by atoms with Crippen LogP contribution in [0.3, 0.4) is 0 Å². The van der Waals surface area contributed by atoms with Crippen molar-refractivity contribution in [3.63, 3.8) is 0 Å². The Kier molecular flexibility index (Phi) is 4.20. The molecule has 6 nitrogen and oxygen atoms in total. The van der Waals surface area contributed by atoms with Crippen molar-refractivity contribution >= 4 is 28.0 Å². The molecule has 1 N–H and O–H groups in total. The van der Waals surface area contributed by atoms with E-state index in [0.29, 0.717) is 0 Å². The van der Waals surface area contributed by atoms with Gasteiger partial charge in [-0.1, -0.05) is 6.42 Å². The van der Waals surface area contributed by atoms with Gasteiger partial charge in [0.15, 0.2) is 11.5 Å². The highest BCUT2D eigenvalue weighted by Gasteiger charge is 2.14.